The average molecular weight is 433 g/mol. The molecule has 3 aromatic rings. The Balaban J connectivity index is 1.69. The molecular weight excluding hydrogens is 416 g/mol. The average Bonchev–Trinajstić information content (AvgIpc) is 3.33. The highest BCUT2D eigenvalue weighted by Gasteiger charge is 2.63. The molecular formula is C24H17ClN2O4. The van der Waals surface area contributed by atoms with E-state index in [1.165, 1.54) is 7.11 Å². The van der Waals surface area contributed by atoms with Crippen molar-refractivity contribution in [3.8, 4) is 5.75 Å². The Labute approximate surface area is 183 Å². The van der Waals surface area contributed by atoms with Gasteiger partial charge in [0.25, 0.3) is 11.5 Å². The predicted octanol–water partition coefficient (Wildman–Crippen LogP) is 4.43. The van der Waals surface area contributed by atoms with Gasteiger partial charge in [-0.3, -0.25) is 9.59 Å². The van der Waals surface area contributed by atoms with Gasteiger partial charge in [-0.05, 0) is 30.3 Å². The Morgan fingerprint density at radius 3 is 2.65 bits per heavy atom. The number of hydrogen-bond acceptors (Lipinski definition) is 5. The molecule has 1 amide bonds. The van der Waals surface area contributed by atoms with E-state index in [2.05, 4.69) is 10.5 Å². The number of amides is 1. The van der Waals surface area contributed by atoms with Crippen molar-refractivity contribution < 1.29 is 19.2 Å². The van der Waals surface area contributed by atoms with Crippen LogP contribution in [0, 0.1) is 5.92 Å². The lowest BCUT2D eigenvalue weighted by Crippen LogP contribution is -2.46. The van der Waals surface area contributed by atoms with Gasteiger partial charge >= 0.3 is 0 Å². The van der Waals surface area contributed by atoms with Crippen molar-refractivity contribution >= 4 is 34.7 Å². The van der Waals surface area contributed by atoms with Gasteiger partial charge in [-0.2, -0.15) is 0 Å². The molecule has 1 spiro atoms. The van der Waals surface area contributed by atoms with Crippen LogP contribution in [0.15, 0.2) is 78.0 Å². The summed E-state index contributed by atoms with van der Waals surface area (Å²) in [5, 5.41) is 7.64. The summed E-state index contributed by atoms with van der Waals surface area (Å²) in [5.74, 6) is -1.18. The molecule has 0 radical (unpaired) electrons. The maximum absolute atomic E-state index is 13.9. The fourth-order valence-electron chi connectivity index (χ4n) is 4.14. The number of halogens is 1. The van der Waals surface area contributed by atoms with Crippen LogP contribution in [0.2, 0.25) is 5.02 Å². The van der Waals surface area contributed by atoms with Gasteiger partial charge in [0.2, 0.25) is 0 Å². The molecule has 0 unspecified atom stereocenters. The van der Waals surface area contributed by atoms with Crippen molar-refractivity contribution in [3.63, 3.8) is 0 Å². The molecule has 0 saturated heterocycles. The second kappa shape index (κ2) is 7.25. The van der Waals surface area contributed by atoms with Crippen LogP contribution < -0.4 is 10.1 Å². The molecule has 0 bridgehead atoms. The van der Waals surface area contributed by atoms with E-state index in [0.717, 1.165) is 0 Å². The number of ether oxygens (including phenoxy) is 1. The predicted molar refractivity (Wildman–Crippen MR) is 117 cm³/mol. The normalized spacial score (nSPS) is 21.3. The number of hydrogen-bond donors (Lipinski definition) is 1. The van der Waals surface area contributed by atoms with Gasteiger partial charge < -0.3 is 14.9 Å². The van der Waals surface area contributed by atoms with E-state index in [1.807, 2.05) is 6.07 Å². The smallest absolute Gasteiger partial charge is 0.277 e. The highest BCUT2D eigenvalue weighted by molar-refractivity contribution is 6.31. The van der Waals surface area contributed by atoms with E-state index in [4.69, 9.17) is 21.2 Å². The number of fused-ring (bicyclic) bond motifs is 2. The number of Topliss-reactive ketones (excluding diaryl/α,β-unsaturated/α-hetero) is 1. The van der Waals surface area contributed by atoms with Crippen molar-refractivity contribution in [1.29, 1.82) is 0 Å². The van der Waals surface area contributed by atoms with Gasteiger partial charge in [0.15, 0.2) is 5.78 Å². The van der Waals surface area contributed by atoms with Gasteiger partial charge in [-0.1, -0.05) is 59.2 Å². The summed E-state index contributed by atoms with van der Waals surface area (Å²) in [5.41, 5.74) is 1.01. The molecule has 2 heterocycles. The van der Waals surface area contributed by atoms with Crippen LogP contribution in [0.5, 0.6) is 5.75 Å². The number of para-hydroxylation sites is 1. The summed E-state index contributed by atoms with van der Waals surface area (Å²) in [6, 6.07) is 20.9. The molecule has 0 fully saturated rings. The Morgan fingerprint density at radius 2 is 1.87 bits per heavy atom. The molecule has 0 saturated carbocycles. The number of nitrogens with one attached hydrogen (secondary N) is 1. The molecule has 2 aliphatic rings. The number of oxime groups is 1. The van der Waals surface area contributed by atoms with Crippen molar-refractivity contribution in [3.05, 3.63) is 94.5 Å². The van der Waals surface area contributed by atoms with Gasteiger partial charge in [0, 0.05) is 27.4 Å². The van der Waals surface area contributed by atoms with Crippen molar-refractivity contribution in [2.75, 3.05) is 12.4 Å². The summed E-state index contributed by atoms with van der Waals surface area (Å²) >= 11 is 6.04. The molecule has 6 nitrogen and oxygen atoms in total. The number of carbonyl (C=O) groups excluding carboxylic acids is 2. The highest BCUT2D eigenvalue weighted by atomic mass is 35.5. The maximum Gasteiger partial charge on any atom is 0.277 e. The topological polar surface area (TPSA) is 77.0 Å². The molecule has 2 aliphatic heterocycles. The number of carbonyl (C=O) groups is 2. The van der Waals surface area contributed by atoms with Gasteiger partial charge in [-0.25, -0.2) is 0 Å². The minimum atomic E-state index is -1.59. The molecule has 0 aliphatic carbocycles. The quantitative estimate of drug-likeness (QED) is 0.619. The first-order valence-corrected chi connectivity index (χ1v) is 10.0. The fourth-order valence-corrected chi connectivity index (χ4v) is 4.27. The van der Waals surface area contributed by atoms with Gasteiger partial charge in [0.05, 0.1) is 7.11 Å². The van der Waals surface area contributed by atoms with E-state index in [1.54, 1.807) is 66.7 Å². The number of anilines is 1. The van der Waals surface area contributed by atoms with Crippen LogP contribution in [0.25, 0.3) is 0 Å². The molecule has 2 atom stereocenters. The molecule has 31 heavy (non-hydrogen) atoms. The summed E-state index contributed by atoms with van der Waals surface area (Å²) in [4.78, 5) is 32.9. The lowest BCUT2D eigenvalue weighted by atomic mass is 9.74. The monoisotopic (exact) mass is 432 g/mol. The third-order valence-electron chi connectivity index (χ3n) is 5.64. The Kier molecular flexibility index (Phi) is 4.52. The maximum atomic E-state index is 13.9. The summed E-state index contributed by atoms with van der Waals surface area (Å²) in [7, 11) is 1.53. The molecule has 5 rings (SSSR count). The van der Waals surface area contributed by atoms with Gasteiger partial charge in [0.1, 0.15) is 17.4 Å². The Morgan fingerprint density at radius 1 is 1.10 bits per heavy atom. The third-order valence-corrected chi connectivity index (χ3v) is 5.89. The zero-order chi connectivity index (χ0) is 21.6. The Hall–Kier alpha value is -3.64. The zero-order valence-corrected chi connectivity index (χ0v) is 17.2. The highest BCUT2D eigenvalue weighted by Crippen LogP contribution is 2.49. The summed E-state index contributed by atoms with van der Waals surface area (Å²) in [6.45, 7) is 0. The number of methoxy groups -OCH3 is 1. The van der Waals surface area contributed by atoms with Crippen LogP contribution in [0.1, 0.15) is 21.5 Å². The third kappa shape index (κ3) is 2.91. The first-order valence-electron chi connectivity index (χ1n) is 9.66. The van der Waals surface area contributed by atoms with Crippen molar-refractivity contribution in [1.82, 2.24) is 0 Å². The largest absolute Gasteiger partial charge is 0.497 e. The minimum Gasteiger partial charge on any atom is -0.497 e. The summed E-state index contributed by atoms with van der Waals surface area (Å²) in [6.07, 6.45) is 0. The number of benzene rings is 3. The van der Waals surface area contributed by atoms with Crippen LogP contribution in [0.4, 0.5) is 5.69 Å². The van der Waals surface area contributed by atoms with E-state index >= 15 is 0 Å². The van der Waals surface area contributed by atoms with E-state index in [-0.39, 0.29) is 5.78 Å². The van der Waals surface area contributed by atoms with E-state index in [9.17, 15) is 9.59 Å². The lowest BCUT2D eigenvalue weighted by Gasteiger charge is -2.26. The summed E-state index contributed by atoms with van der Waals surface area (Å²) < 4.78 is 5.28. The first-order chi connectivity index (χ1) is 15.0. The van der Waals surface area contributed by atoms with Gasteiger partial charge in [-0.15, -0.1) is 0 Å². The fraction of sp³-hybridized carbons (Fsp3) is 0.125. The first kappa shape index (κ1) is 19.3. The van der Waals surface area contributed by atoms with Crippen LogP contribution in [-0.2, 0) is 15.2 Å². The Bertz CT molecular complexity index is 1240. The molecule has 154 valence electrons. The SMILES string of the molecule is COc1cccc(C(=O)[C@H]2C(c3ccc(Cl)cc3)=NO[C@@]23C(=O)Nc2ccccc23)c1. The molecule has 3 aromatic carbocycles. The zero-order valence-electron chi connectivity index (χ0n) is 16.5. The minimum absolute atomic E-state index is 0.294. The molecule has 7 heteroatoms. The molecule has 0 aromatic heterocycles. The number of rotatable bonds is 4. The molecule has 1 N–H and O–H groups in total. The number of nitrogens with zero attached hydrogens (tertiary/aromatic N) is 1. The second-order valence-corrected chi connectivity index (χ2v) is 7.78. The number of ketones is 1. The van der Waals surface area contributed by atoms with Crippen LogP contribution >= 0.6 is 11.6 Å². The lowest BCUT2D eigenvalue weighted by molar-refractivity contribution is -0.140. The van der Waals surface area contributed by atoms with Crippen LogP contribution in [0.3, 0.4) is 0 Å². The second-order valence-electron chi connectivity index (χ2n) is 7.34. The van der Waals surface area contributed by atoms with E-state index < -0.39 is 17.4 Å². The van der Waals surface area contributed by atoms with Crippen LogP contribution in [-0.4, -0.2) is 24.5 Å². The van der Waals surface area contributed by atoms with E-state index in [0.29, 0.717) is 38.9 Å². The standard InChI is InChI=1S/C24H17ClN2O4/c1-30-17-6-4-5-15(13-17)22(28)20-21(14-9-11-16(25)12-10-14)27-31-24(20)18-7-2-3-8-19(18)26-23(24)29/h2-13,20H,1H3,(H,26,29)/t20-,24-/m1/s1. The van der Waals surface area contributed by atoms with Crippen molar-refractivity contribution in [2.24, 2.45) is 11.1 Å². The van der Waals surface area contributed by atoms with Crippen molar-refractivity contribution in [2.45, 2.75) is 5.60 Å².